The number of nitriles is 2. The zero-order chi connectivity index (χ0) is 14.7. The minimum Gasteiger partial charge on any atom is -0.493 e. The zero-order valence-corrected chi connectivity index (χ0v) is 10.6. The highest BCUT2D eigenvalue weighted by atomic mass is 16.5. The molecule has 1 heterocycles. The van der Waals surface area contributed by atoms with E-state index < -0.39 is 0 Å². The Kier molecular flexibility index (Phi) is 3.41. The average Bonchev–Trinajstić information content (AvgIpc) is 2.47. The molecule has 1 aromatic heterocycles. The molecular formula is C14H10N4O2. The first-order valence-corrected chi connectivity index (χ1v) is 5.58. The highest BCUT2D eigenvalue weighted by molar-refractivity contribution is 5.86. The number of para-hydroxylation sites is 1. The van der Waals surface area contributed by atoms with Crippen molar-refractivity contribution in [3.8, 4) is 17.9 Å². The van der Waals surface area contributed by atoms with E-state index in [0.29, 0.717) is 16.7 Å². The van der Waals surface area contributed by atoms with Crippen LogP contribution in [0.2, 0.25) is 0 Å². The van der Waals surface area contributed by atoms with E-state index in [1.165, 1.54) is 7.11 Å². The first-order chi connectivity index (χ1) is 9.62. The second-order valence-corrected chi connectivity index (χ2v) is 3.88. The Bertz CT molecular complexity index is 834. The monoisotopic (exact) mass is 266 g/mol. The van der Waals surface area contributed by atoms with Crippen LogP contribution in [0.25, 0.3) is 16.7 Å². The molecule has 0 saturated heterocycles. The molecule has 0 aliphatic heterocycles. The SMILES string of the molecule is COc1cccc2cc(C(N)=C(C#N)C#N)c(=N)oc12. The van der Waals surface area contributed by atoms with Gasteiger partial charge in [-0.05, 0) is 12.1 Å². The predicted octanol–water partition coefficient (Wildman–Crippen LogP) is 1.64. The molecule has 0 aliphatic rings. The number of ether oxygens (including phenoxy) is 1. The number of hydrogen-bond donors (Lipinski definition) is 2. The third-order valence-electron chi connectivity index (χ3n) is 2.76. The smallest absolute Gasteiger partial charge is 0.221 e. The Balaban J connectivity index is 2.80. The molecule has 3 N–H and O–H groups in total. The van der Waals surface area contributed by atoms with E-state index in [2.05, 4.69) is 0 Å². The van der Waals surface area contributed by atoms with E-state index >= 15 is 0 Å². The van der Waals surface area contributed by atoms with E-state index in [1.807, 2.05) is 0 Å². The molecule has 0 radical (unpaired) electrons. The molecule has 2 aromatic rings. The maximum Gasteiger partial charge on any atom is 0.221 e. The lowest BCUT2D eigenvalue weighted by Gasteiger charge is -2.07. The van der Waals surface area contributed by atoms with Crippen molar-refractivity contribution in [2.75, 3.05) is 7.11 Å². The van der Waals surface area contributed by atoms with E-state index in [1.54, 1.807) is 36.4 Å². The molecule has 0 saturated carbocycles. The van der Waals surface area contributed by atoms with Gasteiger partial charge in [-0.2, -0.15) is 10.5 Å². The lowest BCUT2D eigenvalue weighted by atomic mass is 10.1. The molecule has 0 bridgehead atoms. The lowest BCUT2D eigenvalue weighted by Crippen LogP contribution is -2.13. The fourth-order valence-electron chi connectivity index (χ4n) is 1.77. The molecule has 20 heavy (non-hydrogen) atoms. The van der Waals surface area contributed by atoms with Crippen LogP contribution in [0.3, 0.4) is 0 Å². The van der Waals surface area contributed by atoms with Gasteiger partial charge in [0, 0.05) is 5.39 Å². The predicted molar refractivity (Wildman–Crippen MR) is 71.0 cm³/mol. The van der Waals surface area contributed by atoms with Gasteiger partial charge in [-0.15, -0.1) is 0 Å². The summed E-state index contributed by atoms with van der Waals surface area (Å²) in [6.07, 6.45) is 0. The topological polar surface area (TPSA) is 120 Å². The molecule has 0 fully saturated rings. The molecule has 0 amide bonds. The second kappa shape index (κ2) is 5.17. The van der Waals surface area contributed by atoms with Crippen LogP contribution in [-0.4, -0.2) is 7.11 Å². The van der Waals surface area contributed by atoms with Gasteiger partial charge in [0.1, 0.15) is 12.1 Å². The number of fused-ring (bicyclic) bond motifs is 1. The van der Waals surface area contributed by atoms with Crippen LogP contribution in [0.4, 0.5) is 0 Å². The summed E-state index contributed by atoms with van der Waals surface area (Å²) in [5, 5.41) is 26.1. The van der Waals surface area contributed by atoms with Crippen molar-refractivity contribution in [1.82, 2.24) is 0 Å². The van der Waals surface area contributed by atoms with Crippen LogP contribution in [0.15, 0.2) is 34.3 Å². The largest absolute Gasteiger partial charge is 0.493 e. The number of methoxy groups -OCH3 is 1. The molecule has 6 nitrogen and oxygen atoms in total. The first-order valence-electron chi connectivity index (χ1n) is 5.58. The molecule has 0 unspecified atom stereocenters. The average molecular weight is 266 g/mol. The van der Waals surface area contributed by atoms with Crippen LogP contribution in [0.1, 0.15) is 5.56 Å². The summed E-state index contributed by atoms with van der Waals surface area (Å²) in [7, 11) is 1.50. The van der Waals surface area contributed by atoms with Crippen LogP contribution in [-0.2, 0) is 0 Å². The van der Waals surface area contributed by atoms with Crippen LogP contribution in [0, 0.1) is 28.1 Å². The fraction of sp³-hybridized carbons (Fsp3) is 0.0714. The van der Waals surface area contributed by atoms with Crippen molar-refractivity contribution in [2.45, 2.75) is 0 Å². The highest BCUT2D eigenvalue weighted by Gasteiger charge is 2.12. The molecule has 2 rings (SSSR count). The maximum absolute atomic E-state index is 8.82. The number of benzene rings is 1. The van der Waals surface area contributed by atoms with E-state index in [4.69, 9.17) is 30.8 Å². The summed E-state index contributed by atoms with van der Waals surface area (Å²) >= 11 is 0. The minimum absolute atomic E-state index is 0.0755. The first kappa shape index (κ1) is 13.2. The van der Waals surface area contributed by atoms with Gasteiger partial charge in [0.25, 0.3) is 0 Å². The zero-order valence-electron chi connectivity index (χ0n) is 10.6. The second-order valence-electron chi connectivity index (χ2n) is 3.88. The summed E-state index contributed by atoms with van der Waals surface area (Å²) in [6, 6.07) is 10.2. The quantitative estimate of drug-likeness (QED) is 0.800. The molecular weight excluding hydrogens is 256 g/mol. The Labute approximate surface area is 114 Å². The third-order valence-corrected chi connectivity index (χ3v) is 2.76. The summed E-state index contributed by atoms with van der Waals surface area (Å²) in [6.45, 7) is 0. The van der Waals surface area contributed by atoms with E-state index in [0.717, 1.165) is 0 Å². The Morgan fingerprint density at radius 2 is 2.05 bits per heavy atom. The van der Waals surface area contributed by atoms with E-state index in [-0.39, 0.29) is 22.4 Å². The molecule has 98 valence electrons. The van der Waals surface area contributed by atoms with Crippen molar-refractivity contribution in [3.63, 3.8) is 0 Å². The van der Waals surface area contributed by atoms with Gasteiger partial charge >= 0.3 is 0 Å². The third kappa shape index (κ3) is 2.06. The number of nitrogens with two attached hydrogens (primary N) is 1. The molecule has 0 atom stereocenters. The molecule has 6 heteroatoms. The van der Waals surface area contributed by atoms with Gasteiger partial charge in [-0.3, -0.25) is 5.41 Å². The summed E-state index contributed by atoms with van der Waals surface area (Å²) in [5.74, 6) is 0.492. The van der Waals surface area contributed by atoms with Gasteiger partial charge in [-0.1, -0.05) is 12.1 Å². The molecule has 1 aromatic carbocycles. The molecule has 0 aliphatic carbocycles. The molecule has 0 spiro atoms. The van der Waals surface area contributed by atoms with E-state index in [9.17, 15) is 0 Å². The van der Waals surface area contributed by atoms with Crippen LogP contribution < -0.4 is 16.0 Å². The fourth-order valence-corrected chi connectivity index (χ4v) is 1.77. The van der Waals surface area contributed by atoms with Crippen molar-refractivity contribution in [1.29, 1.82) is 15.9 Å². The van der Waals surface area contributed by atoms with Gasteiger partial charge in [-0.25, -0.2) is 0 Å². The highest BCUT2D eigenvalue weighted by Crippen LogP contribution is 2.25. The van der Waals surface area contributed by atoms with Gasteiger partial charge in [0.05, 0.1) is 18.4 Å². The number of nitrogens with zero attached hydrogens (tertiary/aromatic N) is 2. The summed E-state index contributed by atoms with van der Waals surface area (Å²) < 4.78 is 10.5. The number of rotatable bonds is 2. The van der Waals surface area contributed by atoms with Gasteiger partial charge < -0.3 is 14.9 Å². The van der Waals surface area contributed by atoms with Crippen LogP contribution in [0.5, 0.6) is 5.75 Å². The Morgan fingerprint density at radius 3 is 2.65 bits per heavy atom. The summed E-state index contributed by atoms with van der Waals surface area (Å²) in [5.41, 5.74) is 5.79. The Hall–Kier alpha value is -3.25. The van der Waals surface area contributed by atoms with Gasteiger partial charge in [0.15, 0.2) is 16.9 Å². The number of nitrogens with one attached hydrogen (secondary N) is 1. The van der Waals surface area contributed by atoms with Crippen molar-refractivity contribution in [2.24, 2.45) is 5.73 Å². The maximum atomic E-state index is 8.82. The Morgan fingerprint density at radius 1 is 1.35 bits per heavy atom. The minimum atomic E-state index is -0.254. The lowest BCUT2D eigenvalue weighted by molar-refractivity contribution is 0.404. The summed E-state index contributed by atoms with van der Waals surface area (Å²) in [4.78, 5) is 0. The number of allylic oxidation sites excluding steroid dienone is 1. The van der Waals surface area contributed by atoms with Crippen molar-refractivity contribution in [3.05, 3.63) is 41.0 Å². The van der Waals surface area contributed by atoms with Gasteiger partial charge in [0.2, 0.25) is 5.55 Å². The normalized spacial score (nSPS) is 9.55. The standard InChI is InChI=1S/C14H10N4O2/c1-19-11-4-2-3-8-5-10(14(18)20-13(8)11)12(17)9(6-15)7-16/h2-5,18H,17H2,1H3. The number of hydrogen-bond acceptors (Lipinski definition) is 6. The van der Waals surface area contributed by atoms with Crippen molar-refractivity contribution >= 4 is 16.7 Å². The van der Waals surface area contributed by atoms with Crippen LogP contribution >= 0.6 is 0 Å². The van der Waals surface area contributed by atoms with Crippen molar-refractivity contribution < 1.29 is 9.15 Å².